The van der Waals surface area contributed by atoms with Crippen molar-refractivity contribution in [1.82, 2.24) is 15.2 Å². The lowest BCUT2D eigenvalue weighted by molar-refractivity contribution is -0.130. The number of benzene rings is 3. The molecule has 5 rings (SSSR count). The fraction of sp³-hybridized carbons (Fsp3) is 0.200. The zero-order valence-electron chi connectivity index (χ0n) is 18.9. The topological polar surface area (TPSA) is 87.7 Å². The maximum absolute atomic E-state index is 13.3. The number of thioether (sulfide) groups is 1. The molecule has 1 atom stereocenters. The number of aromatic nitrogens is 2. The van der Waals surface area contributed by atoms with E-state index in [1.165, 1.54) is 23.1 Å². The van der Waals surface area contributed by atoms with Crippen LogP contribution in [-0.4, -0.2) is 46.7 Å². The van der Waals surface area contributed by atoms with Gasteiger partial charge in [0.2, 0.25) is 5.13 Å². The molecule has 0 radical (unpaired) electrons. The fourth-order valence-corrected chi connectivity index (χ4v) is 5.59. The van der Waals surface area contributed by atoms with Gasteiger partial charge in [-0.3, -0.25) is 4.79 Å². The SMILES string of the molecule is CN(C)c1ccc(C2CC(c3cccc4ccccc34)=NN2C(=O)CSc2nnc(N)s2)cc1. The van der Waals surface area contributed by atoms with Gasteiger partial charge in [0.15, 0.2) is 4.34 Å². The summed E-state index contributed by atoms with van der Waals surface area (Å²) in [4.78, 5) is 15.4. The third kappa shape index (κ3) is 4.49. The predicted molar refractivity (Wildman–Crippen MR) is 141 cm³/mol. The number of hydrogen-bond donors (Lipinski definition) is 1. The van der Waals surface area contributed by atoms with Crippen LogP contribution in [0.1, 0.15) is 23.6 Å². The molecular formula is C25H24N6OS2. The van der Waals surface area contributed by atoms with E-state index in [1.54, 1.807) is 5.01 Å². The van der Waals surface area contributed by atoms with Crippen LogP contribution in [-0.2, 0) is 4.79 Å². The van der Waals surface area contributed by atoms with Gasteiger partial charge in [-0.15, -0.1) is 10.2 Å². The van der Waals surface area contributed by atoms with Gasteiger partial charge in [0.25, 0.3) is 5.91 Å². The van der Waals surface area contributed by atoms with E-state index in [2.05, 4.69) is 63.6 Å². The molecule has 9 heteroatoms. The lowest BCUT2D eigenvalue weighted by Crippen LogP contribution is -2.28. The van der Waals surface area contributed by atoms with Crippen molar-refractivity contribution in [3.8, 4) is 0 Å². The first-order chi connectivity index (χ1) is 16.5. The molecule has 1 aliphatic rings. The molecule has 3 aromatic carbocycles. The molecule has 2 heterocycles. The Morgan fingerprint density at radius 1 is 1.09 bits per heavy atom. The molecule has 2 N–H and O–H groups in total. The van der Waals surface area contributed by atoms with Gasteiger partial charge in [0.05, 0.1) is 17.5 Å². The van der Waals surface area contributed by atoms with Crippen molar-refractivity contribution in [3.63, 3.8) is 0 Å². The number of nitrogens with zero attached hydrogens (tertiary/aromatic N) is 5. The molecule has 1 unspecified atom stereocenters. The summed E-state index contributed by atoms with van der Waals surface area (Å²) in [5, 5.41) is 17.0. The van der Waals surface area contributed by atoms with Gasteiger partial charge in [-0.05, 0) is 28.5 Å². The predicted octanol–water partition coefficient (Wildman–Crippen LogP) is 4.81. The van der Waals surface area contributed by atoms with E-state index in [4.69, 9.17) is 10.8 Å². The average Bonchev–Trinajstić information content (AvgIpc) is 3.49. The van der Waals surface area contributed by atoms with Crippen LogP contribution < -0.4 is 10.6 Å². The molecular weight excluding hydrogens is 464 g/mol. The Morgan fingerprint density at radius 2 is 1.85 bits per heavy atom. The number of hydrazone groups is 1. The summed E-state index contributed by atoms with van der Waals surface area (Å²) in [5.74, 6) is 0.142. The van der Waals surface area contributed by atoms with E-state index in [0.717, 1.165) is 33.3 Å². The first-order valence-corrected chi connectivity index (χ1v) is 12.7. The number of anilines is 2. The van der Waals surface area contributed by atoms with Crippen molar-refractivity contribution in [1.29, 1.82) is 0 Å². The normalized spacial score (nSPS) is 15.5. The molecule has 172 valence electrons. The second-order valence-electron chi connectivity index (χ2n) is 8.21. The molecule has 0 bridgehead atoms. The second kappa shape index (κ2) is 9.44. The number of amides is 1. The first kappa shape index (κ1) is 22.4. The first-order valence-electron chi connectivity index (χ1n) is 10.9. The third-order valence-electron chi connectivity index (χ3n) is 5.80. The number of hydrogen-bond acceptors (Lipinski definition) is 8. The van der Waals surface area contributed by atoms with Crippen molar-refractivity contribution < 1.29 is 4.79 Å². The van der Waals surface area contributed by atoms with Crippen molar-refractivity contribution in [2.45, 2.75) is 16.8 Å². The minimum Gasteiger partial charge on any atom is -0.378 e. The lowest BCUT2D eigenvalue weighted by Gasteiger charge is -2.22. The highest BCUT2D eigenvalue weighted by atomic mass is 32.2. The Morgan fingerprint density at radius 3 is 2.59 bits per heavy atom. The van der Waals surface area contributed by atoms with Gasteiger partial charge in [-0.2, -0.15) is 5.10 Å². The summed E-state index contributed by atoms with van der Waals surface area (Å²) in [7, 11) is 4.03. The molecule has 1 aliphatic heterocycles. The van der Waals surface area contributed by atoms with Crippen molar-refractivity contribution >= 4 is 56.3 Å². The van der Waals surface area contributed by atoms with Gasteiger partial charge in [0, 0.05) is 31.8 Å². The molecule has 0 fully saturated rings. The molecule has 1 amide bonds. The van der Waals surface area contributed by atoms with Crippen LogP contribution in [0.25, 0.3) is 10.8 Å². The number of fused-ring (bicyclic) bond motifs is 1. The van der Waals surface area contributed by atoms with E-state index in [1.807, 2.05) is 32.3 Å². The van der Waals surface area contributed by atoms with Crippen LogP contribution in [0, 0.1) is 0 Å². The van der Waals surface area contributed by atoms with Crippen molar-refractivity contribution in [2.24, 2.45) is 5.10 Å². The van der Waals surface area contributed by atoms with Gasteiger partial charge in [-0.25, -0.2) is 5.01 Å². The van der Waals surface area contributed by atoms with E-state index in [0.29, 0.717) is 15.9 Å². The van der Waals surface area contributed by atoms with E-state index in [9.17, 15) is 4.79 Å². The second-order valence-corrected chi connectivity index (χ2v) is 10.4. The summed E-state index contributed by atoms with van der Waals surface area (Å²) in [6.07, 6.45) is 0.650. The Bertz CT molecular complexity index is 1360. The molecule has 0 spiro atoms. The lowest BCUT2D eigenvalue weighted by atomic mass is 9.95. The Hall–Kier alpha value is -3.43. The summed E-state index contributed by atoms with van der Waals surface area (Å²) < 4.78 is 0.676. The minimum atomic E-state index is -0.169. The Labute approximate surface area is 206 Å². The summed E-state index contributed by atoms with van der Waals surface area (Å²) in [6, 6.07) is 22.6. The van der Waals surface area contributed by atoms with Gasteiger partial charge >= 0.3 is 0 Å². The zero-order valence-corrected chi connectivity index (χ0v) is 20.5. The molecule has 34 heavy (non-hydrogen) atoms. The van der Waals surface area contributed by atoms with Crippen LogP contribution in [0.5, 0.6) is 0 Å². The molecule has 4 aromatic rings. The molecule has 0 aliphatic carbocycles. The van der Waals surface area contributed by atoms with Crippen LogP contribution in [0.2, 0.25) is 0 Å². The Balaban J connectivity index is 1.47. The maximum atomic E-state index is 13.3. The average molecular weight is 489 g/mol. The van der Waals surface area contributed by atoms with Gasteiger partial charge in [0.1, 0.15) is 0 Å². The smallest absolute Gasteiger partial charge is 0.253 e. The highest BCUT2D eigenvalue weighted by molar-refractivity contribution is 8.01. The van der Waals surface area contributed by atoms with Crippen molar-refractivity contribution in [3.05, 3.63) is 77.9 Å². The number of carbonyl (C=O) groups is 1. The summed E-state index contributed by atoms with van der Waals surface area (Å²) >= 11 is 2.62. The van der Waals surface area contributed by atoms with E-state index >= 15 is 0 Å². The largest absolute Gasteiger partial charge is 0.378 e. The third-order valence-corrected chi connectivity index (χ3v) is 7.67. The summed E-state index contributed by atoms with van der Waals surface area (Å²) in [5.41, 5.74) is 9.82. The Kier molecular flexibility index (Phi) is 6.21. The molecule has 1 aromatic heterocycles. The molecule has 7 nitrogen and oxygen atoms in total. The van der Waals surface area contributed by atoms with Crippen LogP contribution in [0.3, 0.4) is 0 Å². The van der Waals surface area contributed by atoms with Crippen LogP contribution >= 0.6 is 23.1 Å². The molecule has 0 saturated heterocycles. The van der Waals surface area contributed by atoms with Crippen molar-refractivity contribution in [2.75, 3.05) is 30.5 Å². The van der Waals surface area contributed by atoms with E-state index < -0.39 is 0 Å². The number of nitrogens with two attached hydrogens (primary N) is 1. The number of carbonyl (C=O) groups excluding carboxylic acids is 1. The van der Waals surface area contributed by atoms with Gasteiger partial charge < -0.3 is 10.6 Å². The highest BCUT2D eigenvalue weighted by Gasteiger charge is 2.33. The zero-order chi connectivity index (χ0) is 23.7. The highest BCUT2D eigenvalue weighted by Crippen LogP contribution is 2.36. The van der Waals surface area contributed by atoms with Gasteiger partial charge in [-0.1, -0.05) is 77.7 Å². The monoisotopic (exact) mass is 488 g/mol. The quantitative estimate of drug-likeness (QED) is 0.392. The molecule has 0 saturated carbocycles. The summed E-state index contributed by atoms with van der Waals surface area (Å²) in [6.45, 7) is 0. The standard InChI is InChI=1S/C25H24N6OS2/c1-30(2)18-12-10-17(11-13-18)22-14-21(20-9-5-7-16-6-3-4-8-19(16)20)29-31(22)23(32)15-33-25-28-27-24(26)34-25/h3-13,22H,14-15H2,1-2H3,(H2,26,27). The van der Waals surface area contributed by atoms with Crippen LogP contribution in [0.4, 0.5) is 10.8 Å². The number of nitrogen functional groups attached to an aromatic ring is 1. The van der Waals surface area contributed by atoms with Crippen LogP contribution in [0.15, 0.2) is 76.2 Å². The maximum Gasteiger partial charge on any atom is 0.253 e. The fourth-order valence-electron chi connectivity index (χ4n) is 4.10. The minimum absolute atomic E-state index is 0.0734. The number of rotatable bonds is 6. The van der Waals surface area contributed by atoms with E-state index in [-0.39, 0.29) is 17.7 Å².